The number of para-hydroxylation sites is 1. The fourth-order valence-corrected chi connectivity index (χ4v) is 7.00. The summed E-state index contributed by atoms with van der Waals surface area (Å²) in [5.74, 6) is 2.63. The minimum atomic E-state index is -1.31. The van der Waals surface area contributed by atoms with Crippen LogP contribution in [0.25, 0.3) is 5.76 Å². The molecule has 4 aliphatic rings. The molecule has 2 saturated heterocycles. The molecule has 4 aliphatic heterocycles. The largest absolute Gasteiger partial charge is 0.491 e. The Morgan fingerprint density at radius 1 is 1.12 bits per heavy atom. The molecule has 1 amide bonds. The number of amides is 1. The van der Waals surface area contributed by atoms with E-state index in [4.69, 9.17) is 9.47 Å². The van der Waals surface area contributed by atoms with Gasteiger partial charge in [-0.15, -0.1) is 11.8 Å². The molecule has 0 aliphatic carbocycles. The highest BCUT2D eigenvalue weighted by atomic mass is 32.2. The Kier molecular flexibility index (Phi) is 8.39. The number of thioether (sulfide) groups is 1. The van der Waals surface area contributed by atoms with Gasteiger partial charge >= 0.3 is 0 Å². The lowest BCUT2D eigenvalue weighted by Crippen LogP contribution is -2.54. The van der Waals surface area contributed by atoms with Gasteiger partial charge in [0.2, 0.25) is 5.91 Å². The maximum Gasteiger partial charge on any atom is 0.240 e. The number of hydrogen-bond acceptors (Lipinski definition) is 8. The molecule has 0 bridgehead atoms. The number of carbonyl (C=O) groups is 1. The van der Waals surface area contributed by atoms with Crippen LogP contribution in [0.15, 0.2) is 84.3 Å². The minimum absolute atomic E-state index is 0.135. The summed E-state index contributed by atoms with van der Waals surface area (Å²) in [6.07, 6.45) is 7.09. The number of piperazine rings is 1. The van der Waals surface area contributed by atoms with Gasteiger partial charge in [-0.1, -0.05) is 60.7 Å². The fourth-order valence-electron chi connectivity index (χ4n) is 5.78. The van der Waals surface area contributed by atoms with Gasteiger partial charge in [0.1, 0.15) is 5.75 Å². The van der Waals surface area contributed by atoms with E-state index in [2.05, 4.69) is 27.7 Å². The van der Waals surface area contributed by atoms with Crippen LogP contribution >= 0.6 is 11.8 Å². The molecule has 9 heteroatoms. The zero-order chi connectivity index (χ0) is 28.2. The molecule has 8 nitrogen and oxygen atoms in total. The van der Waals surface area contributed by atoms with Crippen molar-refractivity contribution in [1.82, 2.24) is 20.4 Å². The first-order valence-corrected chi connectivity index (χ1v) is 15.5. The van der Waals surface area contributed by atoms with E-state index in [-0.39, 0.29) is 17.3 Å². The van der Waals surface area contributed by atoms with Gasteiger partial charge in [-0.25, -0.2) is 0 Å². The van der Waals surface area contributed by atoms with Gasteiger partial charge < -0.3 is 24.8 Å². The Bertz CT molecular complexity index is 1330. The molecule has 3 atom stereocenters. The van der Waals surface area contributed by atoms with Crippen LogP contribution in [0.4, 0.5) is 0 Å². The lowest BCUT2D eigenvalue weighted by Gasteiger charge is -2.36. The van der Waals surface area contributed by atoms with Crippen LogP contribution in [0.3, 0.4) is 0 Å². The van der Waals surface area contributed by atoms with Crippen LogP contribution in [0.1, 0.15) is 24.5 Å². The van der Waals surface area contributed by atoms with Crippen molar-refractivity contribution >= 4 is 23.4 Å². The first kappa shape index (κ1) is 27.9. The Hall–Kier alpha value is -3.24. The maximum absolute atomic E-state index is 13.2. The predicted octanol–water partition coefficient (Wildman–Crippen LogP) is 3.28. The summed E-state index contributed by atoms with van der Waals surface area (Å²) in [7, 11) is 0. The first-order chi connectivity index (χ1) is 20.0. The summed E-state index contributed by atoms with van der Waals surface area (Å²) in [5.41, 5.74) is 1.45. The number of hydrogen-bond donors (Lipinski definition) is 3. The number of benzene rings is 2. The summed E-state index contributed by atoms with van der Waals surface area (Å²) < 4.78 is 12.6. The van der Waals surface area contributed by atoms with Crippen molar-refractivity contribution in [2.45, 2.75) is 30.4 Å². The third-order valence-corrected chi connectivity index (χ3v) is 9.32. The predicted molar refractivity (Wildman–Crippen MR) is 162 cm³/mol. The molecular formula is C32H38N4O4S. The van der Waals surface area contributed by atoms with Crippen LogP contribution in [-0.4, -0.2) is 83.9 Å². The van der Waals surface area contributed by atoms with Crippen molar-refractivity contribution in [2.75, 3.05) is 51.6 Å². The molecule has 6 rings (SSSR count). The van der Waals surface area contributed by atoms with Gasteiger partial charge in [0.25, 0.3) is 0 Å². The molecule has 216 valence electrons. The van der Waals surface area contributed by atoms with Crippen LogP contribution < -0.4 is 15.4 Å². The lowest BCUT2D eigenvalue weighted by atomic mass is 9.89. The monoisotopic (exact) mass is 574 g/mol. The molecule has 0 spiro atoms. The van der Waals surface area contributed by atoms with Crippen molar-refractivity contribution in [3.05, 3.63) is 95.4 Å². The average molecular weight is 575 g/mol. The Labute approximate surface area is 246 Å². The molecule has 0 saturated carbocycles. The van der Waals surface area contributed by atoms with Gasteiger partial charge in [-0.05, 0) is 25.0 Å². The second-order valence-corrected chi connectivity index (χ2v) is 12.1. The molecule has 2 aromatic rings. The van der Waals surface area contributed by atoms with Crippen LogP contribution in [0.5, 0.6) is 5.75 Å². The molecule has 2 aromatic carbocycles. The normalized spacial score (nSPS) is 26.2. The van der Waals surface area contributed by atoms with Gasteiger partial charge in [0.05, 0.1) is 18.0 Å². The molecule has 2 fully saturated rings. The van der Waals surface area contributed by atoms with E-state index >= 15 is 0 Å². The van der Waals surface area contributed by atoms with E-state index in [0.717, 1.165) is 57.0 Å². The highest BCUT2D eigenvalue weighted by Crippen LogP contribution is 2.45. The van der Waals surface area contributed by atoms with Crippen molar-refractivity contribution in [3.63, 3.8) is 0 Å². The van der Waals surface area contributed by atoms with E-state index in [1.807, 2.05) is 65.7 Å². The summed E-state index contributed by atoms with van der Waals surface area (Å²) in [6.45, 7) is 7.11. The average Bonchev–Trinajstić information content (AvgIpc) is 3.51. The second kappa shape index (κ2) is 12.3. The number of ether oxygens (including phenoxy) is 2. The van der Waals surface area contributed by atoms with E-state index in [1.165, 1.54) is 5.57 Å². The number of nitrogens with zero attached hydrogens (tertiary/aromatic N) is 2. The zero-order valence-corrected chi connectivity index (χ0v) is 24.2. The number of fused-ring (bicyclic) bond motifs is 1. The molecule has 0 aromatic heterocycles. The third-order valence-electron chi connectivity index (χ3n) is 8.05. The Morgan fingerprint density at radius 3 is 2.68 bits per heavy atom. The molecule has 2 unspecified atom stereocenters. The number of aliphatic hydroxyl groups is 1. The Balaban J connectivity index is 1.00. The van der Waals surface area contributed by atoms with Crippen LogP contribution in [0, 0.1) is 0 Å². The highest BCUT2D eigenvalue weighted by Gasteiger charge is 2.41. The molecule has 0 radical (unpaired) electrons. The van der Waals surface area contributed by atoms with E-state index in [1.54, 1.807) is 18.7 Å². The Morgan fingerprint density at radius 2 is 1.90 bits per heavy atom. The van der Waals surface area contributed by atoms with E-state index < -0.39 is 5.60 Å². The second-order valence-electron chi connectivity index (χ2n) is 11.0. The van der Waals surface area contributed by atoms with Crippen molar-refractivity contribution in [2.24, 2.45) is 0 Å². The zero-order valence-electron chi connectivity index (χ0n) is 23.4. The van der Waals surface area contributed by atoms with Crippen LogP contribution in [-0.2, 0) is 15.1 Å². The van der Waals surface area contributed by atoms with E-state index in [9.17, 15) is 9.90 Å². The number of nitrogens with one attached hydrogen (secondary N) is 2. The van der Waals surface area contributed by atoms with Gasteiger partial charge in [0.15, 0.2) is 17.1 Å². The first-order valence-electron chi connectivity index (χ1n) is 14.4. The van der Waals surface area contributed by atoms with Gasteiger partial charge in [-0.3, -0.25) is 15.0 Å². The van der Waals surface area contributed by atoms with Crippen molar-refractivity contribution in [1.29, 1.82) is 0 Å². The quantitative estimate of drug-likeness (QED) is 0.415. The number of rotatable bonds is 8. The summed E-state index contributed by atoms with van der Waals surface area (Å²) in [4.78, 5) is 17.6. The topological polar surface area (TPSA) is 86.3 Å². The fraction of sp³-hybridized carbons (Fsp3) is 0.406. The SMILES string of the molecule is CC1(O)C(OCCCN2CCN(C(=O)[C@@H]3CSC(C4=CNCC=C4)N3)CC2)=C(c2ccccc2)Oc2ccccc21. The van der Waals surface area contributed by atoms with Gasteiger partial charge in [-0.2, -0.15) is 0 Å². The molecule has 4 heterocycles. The maximum atomic E-state index is 13.2. The molecule has 41 heavy (non-hydrogen) atoms. The third kappa shape index (κ3) is 6.04. The van der Waals surface area contributed by atoms with Crippen molar-refractivity contribution in [3.8, 4) is 5.75 Å². The summed E-state index contributed by atoms with van der Waals surface area (Å²) >= 11 is 1.80. The summed E-state index contributed by atoms with van der Waals surface area (Å²) in [5, 5.41) is 18.5. The number of dihydropyridines is 1. The van der Waals surface area contributed by atoms with Gasteiger partial charge in [0, 0.05) is 62.3 Å². The number of carbonyl (C=O) groups excluding carboxylic acids is 1. The molecular weight excluding hydrogens is 536 g/mol. The standard InChI is InChI=1S/C32H38N4O4S/c1-32(38)25-12-5-6-13-27(25)40-28(23-9-3-2-4-10-23)29(32)39-20-8-15-35-16-18-36(19-17-35)31(37)26-22-41-30(34-26)24-11-7-14-33-21-24/h2-7,9-13,21,26,30,33-34,38H,8,14-20,22H2,1H3/t26-,30?,32?/m0/s1. The highest BCUT2D eigenvalue weighted by molar-refractivity contribution is 8.00. The van der Waals surface area contributed by atoms with Crippen molar-refractivity contribution < 1.29 is 19.4 Å². The lowest BCUT2D eigenvalue weighted by molar-refractivity contribution is -0.134. The summed E-state index contributed by atoms with van der Waals surface area (Å²) in [6, 6.07) is 17.2. The van der Waals surface area contributed by atoms with E-state index in [0.29, 0.717) is 29.4 Å². The van der Waals surface area contributed by atoms with Crippen LogP contribution in [0.2, 0.25) is 0 Å². The smallest absolute Gasteiger partial charge is 0.240 e. The minimum Gasteiger partial charge on any atom is -0.491 e. The molecule has 3 N–H and O–H groups in total.